The van der Waals surface area contributed by atoms with Crippen molar-refractivity contribution in [1.29, 1.82) is 5.26 Å². The summed E-state index contributed by atoms with van der Waals surface area (Å²) in [5, 5.41) is 8.60. The second kappa shape index (κ2) is 7.29. The van der Waals surface area contributed by atoms with E-state index in [-0.39, 0.29) is 5.97 Å². The third-order valence-electron chi connectivity index (χ3n) is 2.46. The molecular formula is C15H17NO2. The van der Waals surface area contributed by atoms with E-state index in [1.165, 1.54) is 5.56 Å². The van der Waals surface area contributed by atoms with Gasteiger partial charge in [0, 0.05) is 12.0 Å². The van der Waals surface area contributed by atoms with E-state index in [4.69, 9.17) is 10.00 Å². The van der Waals surface area contributed by atoms with Crippen LogP contribution in [0.25, 0.3) is 6.08 Å². The van der Waals surface area contributed by atoms with Gasteiger partial charge >= 0.3 is 5.97 Å². The highest BCUT2D eigenvalue weighted by atomic mass is 16.5. The molecule has 0 aromatic heterocycles. The molecule has 0 fully saturated rings. The predicted molar refractivity (Wildman–Crippen MR) is 70.6 cm³/mol. The third kappa shape index (κ3) is 4.42. The lowest BCUT2D eigenvalue weighted by molar-refractivity contribution is -0.138. The molecule has 3 nitrogen and oxygen atoms in total. The zero-order chi connectivity index (χ0) is 13.4. The van der Waals surface area contributed by atoms with Gasteiger partial charge in [0.25, 0.3) is 0 Å². The monoisotopic (exact) mass is 243 g/mol. The van der Waals surface area contributed by atoms with E-state index < -0.39 is 0 Å². The Morgan fingerprint density at radius 3 is 2.61 bits per heavy atom. The lowest BCUT2D eigenvalue weighted by Crippen LogP contribution is -2.07. The van der Waals surface area contributed by atoms with Crippen LogP contribution >= 0.6 is 0 Å². The topological polar surface area (TPSA) is 50.1 Å². The van der Waals surface area contributed by atoms with E-state index in [1.54, 1.807) is 13.0 Å². The first-order valence-electron chi connectivity index (χ1n) is 5.98. The van der Waals surface area contributed by atoms with Crippen LogP contribution in [0.4, 0.5) is 0 Å². The molecule has 0 saturated carbocycles. The summed E-state index contributed by atoms with van der Waals surface area (Å²) in [5.74, 6) is -0.340. The summed E-state index contributed by atoms with van der Waals surface area (Å²) >= 11 is 0. The number of esters is 1. The first-order valence-corrected chi connectivity index (χ1v) is 5.98. The molecule has 0 N–H and O–H groups in total. The number of carbonyl (C=O) groups excluding carboxylic acids is 1. The van der Waals surface area contributed by atoms with Crippen LogP contribution in [0, 0.1) is 18.3 Å². The van der Waals surface area contributed by atoms with E-state index in [0.29, 0.717) is 25.0 Å². The maximum absolute atomic E-state index is 11.7. The molecule has 3 heteroatoms. The normalized spacial score (nSPS) is 10.8. The van der Waals surface area contributed by atoms with Gasteiger partial charge in [0.1, 0.15) is 0 Å². The molecule has 1 rings (SSSR count). The minimum Gasteiger partial charge on any atom is -0.463 e. The lowest BCUT2D eigenvalue weighted by Gasteiger charge is -2.05. The Morgan fingerprint density at radius 2 is 2.06 bits per heavy atom. The number of nitriles is 1. The Hall–Kier alpha value is -2.08. The number of benzene rings is 1. The largest absolute Gasteiger partial charge is 0.463 e. The number of nitrogens with zero attached hydrogens (tertiary/aromatic N) is 1. The highest BCUT2D eigenvalue weighted by Gasteiger charge is 2.10. The summed E-state index contributed by atoms with van der Waals surface area (Å²) in [4.78, 5) is 11.7. The molecule has 0 unspecified atom stereocenters. The van der Waals surface area contributed by atoms with Crippen molar-refractivity contribution >= 4 is 12.0 Å². The number of carbonyl (C=O) groups is 1. The zero-order valence-electron chi connectivity index (χ0n) is 10.8. The van der Waals surface area contributed by atoms with Gasteiger partial charge in [-0.05, 0) is 31.9 Å². The van der Waals surface area contributed by atoms with Gasteiger partial charge in [-0.3, -0.25) is 0 Å². The van der Waals surface area contributed by atoms with E-state index >= 15 is 0 Å². The van der Waals surface area contributed by atoms with Crippen molar-refractivity contribution < 1.29 is 9.53 Å². The van der Waals surface area contributed by atoms with Crippen molar-refractivity contribution in [2.24, 2.45) is 0 Å². The lowest BCUT2D eigenvalue weighted by atomic mass is 10.1. The molecule has 0 saturated heterocycles. The Bertz CT molecular complexity index is 466. The van der Waals surface area contributed by atoms with Gasteiger partial charge in [-0.1, -0.05) is 29.8 Å². The van der Waals surface area contributed by atoms with E-state index in [2.05, 4.69) is 0 Å². The van der Waals surface area contributed by atoms with Gasteiger partial charge < -0.3 is 4.74 Å². The standard InChI is InChI=1S/C15H17NO2/c1-3-18-15(17)14(5-4-10-16)11-13-8-6-12(2)7-9-13/h6-9,11H,3-5H2,1-2H3/b14-11+. The number of rotatable bonds is 5. The highest BCUT2D eigenvalue weighted by molar-refractivity contribution is 5.93. The van der Waals surface area contributed by atoms with Crippen molar-refractivity contribution in [3.05, 3.63) is 41.0 Å². The Balaban J connectivity index is 2.90. The highest BCUT2D eigenvalue weighted by Crippen LogP contribution is 2.14. The van der Waals surface area contributed by atoms with Gasteiger partial charge in [-0.15, -0.1) is 0 Å². The molecule has 1 aromatic rings. The third-order valence-corrected chi connectivity index (χ3v) is 2.46. The van der Waals surface area contributed by atoms with Crippen molar-refractivity contribution in [2.75, 3.05) is 6.61 Å². The van der Waals surface area contributed by atoms with Crippen LogP contribution in [0.2, 0.25) is 0 Å². The van der Waals surface area contributed by atoms with Crippen molar-refractivity contribution in [3.63, 3.8) is 0 Å². The SMILES string of the molecule is CCOC(=O)/C(=C/c1ccc(C)cc1)CCC#N. The van der Waals surface area contributed by atoms with Crippen molar-refractivity contribution in [3.8, 4) is 6.07 Å². The first kappa shape index (κ1) is 14.0. The van der Waals surface area contributed by atoms with Crippen LogP contribution in [0.3, 0.4) is 0 Å². The Labute approximate surface area is 108 Å². The second-order valence-electron chi connectivity index (χ2n) is 3.96. The fraction of sp³-hybridized carbons (Fsp3) is 0.333. The number of aryl methyl sites for hydroxylation is 1. The zero-order valence-corrected chi connectivity index (χ0v) is 10.8. The minimum absolute atomic E-state index is 0.316. The number of hydrogen-bond donors (Lipinski definition) is 0. The predicted octanol–water partition coefficient (Wildman–Crippen LogP) is 3.25. The number of hydrogen-bond acceptors (Lipinski definition) is 3. The smallest absolute Gasteiger partial charge is 0.334 e. The summed E-state index contributed by atoms with van der Waals surface area (Å²) in [6, 6.07) is 9.90. The molecule has 0 aliphatic carbocycles. The average Bonchev–Trinajstić information content (AvgIpc) is 2.37. The second-order valence-corrected chi connectivity index (χ2v) is 3.96. The molecular weight excluding hydrogens is 226 g/mol. The average molecular weight is 243 g/mol. The van der Waals surface area contributed by atoms with Gasteiger partial charge in [0.2, 0.25) is 0 Å². The van der Waals surface area contributed by atoms with E-state index in [0.717, 1.165) is 5.56 Å². The maximum atomic E-state index is 11.7. The van der Waals surface area contributed by atoms with Crippen LogP contribution < -0.4 is 0 Å². The fourth-order valence-corrected chi connectivity index (χ4v) is 1.51. The van der Waals surface area contributed by atoms with Crippen LogP contribution in [0.1, 0.15) is 30.9 Å². The summed E-state index contributed by atoms with van der Waals surface area (Å²) in [6.07, 6.45) is 2.52. The summed E-state index contributed by atoms with van der Waals surface area (Å²) in [7, 11) is 0. The van der Waals surface area contributed by atoms with Gasteiger partial charge in [-0.2, -0.15) is 5.26 Å². The quantitative estimate of drug-likeness (QED) is 0.589. The van der Waals surface area contributed by atoms with E-state index in [1.807, 2.05) is 37.3 Å². The van der Waals surface area contributed by atoms with Crippen LogP contribution in [-0.4, -0.2) is 12.6 Å². The van der Waals surface area contributed by atoms with Gasteiger partial charge in [0.15, 0.2) is 0 Å². The van der Waals surface area contributed by atoms with Crippen molar-refractivity contribution in [1.82, 2.24) is 0 Å². The van der Waals surface area contributed by atoms with Crippen LogP contribution in [0.5, 0.6) is 0 Å². The number of ether oxygens (including phenoxy) is 1. The summed E-state index contributed by atoms with van der Waals surface area (Å²) < 4.78 is 4.98. The Morgan fingerprint density at radius 1 is 1.39 bits per heavy atom. The summed E-state index contributed by atoms with van der Waals surface area (Å²) in [5.41, 5.74) is 2.66. The minimum atomic E-state index is -0.340. The molecule has 0 heterocycles. The summed E-state index contributed by atoms with van der Waals surface area (Å²) in [6.45, 7) is 4.12. The van der Waals surface area contributed by atoms with Gasteiger partial charge in [0.05, 0.1) is 12.7 Å². The van der Waals surface area contributed by atoms with Crippen molar-refractivity contribution in [2.45, 2.75) is 26.7 Å². The molecule has 1 aromatic carbocycles. The molecule has 18 heavy (non-hydrogen) atoms. The molecule has 0 spiro atoms. The molecule has 0 bridgehead atoms. The first-order chi connectivity index (χ1) is 8.67. The molecule has 94 valence electrons. The van der Waals surface area contributed by atoms with Crippen LogP contribution in [-0.2, 0) is 9.53 Å². The van der Waals surface area contributed by atoms with Crippen LogP contribution in [0.15, 0.2) is 29.8 Å². The van der Waals surface area contributed by atoms with E-state index in [9.17, 15) is 4.79 Å². The fourth-order valence-electron chi connectivity index (χ4n) is 1.51. The molecule has 0 amide bonds. The molecule has 0 atom stereocenters. The Kier molecular flexibility index (Phi) is 5.66. The molecule has 0 aliphatic rings. The maximum Gasteiger partial charge on any atom is 0.334 e. The molecule has 0 aliphatic heterocycles. The van der Waals surface area contributed by atoms with Gasteiger partial charge in [-0.25, -0.2) is 4.79 Å². The molecule has 0 radical (unpaired) electrons.